The number of halogens is 6. The molecule has 4 aromatic rings. The van der Waals surface area contributed by atoms with E-state index in [-0.39, 0.29) is 6.42 Å². The van der Waals surface area contributed by atoms with Gasteiger partial charge in [0.25, 0.3) is 0 Å². The third-order valence-electron chi connectivity index (χ3n) is 10.9. The van der Waals surface area contributed by atoms with Crippen molar-refractivity contribution in [2.75, 3.05) is 32.7 Å². The van der Waals surface area contributed by atoms with Crippen molar-refractivity contribution < 1.29 is 41.0 Å². The second-order valence-electron chi connectivity index (χ2n) is 15.0. The van der Waals surface area contributed by atoms with Crippen LogP contribution in [-0.2, 0) is 22.6 Å². The molecule has 1 atom stereocenters. The summed E-state index contributed by atoms with van der Waals surface area (Å²) in [5.41, 5.74) is 0.513. The molecule has 7 nitrogen and oxygen atoms in total. The molecule has 0 bridgehead atoms. The Morgan fingerprint density at radius 1 is 0.788 bits per heavy atom. The number of alkyl halides is 6. The highest BCUT2D eigenvalue weighted by Crippen LogP contribution is 2.47. The Kier molecular flexibility index (Phi) is 10.3. The minimum Gasteiger partial charge on any atom is -0.480 e. The molecule has 2 N–H and O–H groups in total. The number of pyridine rings is 1. The van der Waals surface area contributed by atoms with Crippen molar-refractivity contribution in [3.8, 4) is 11.3 Å². The number of carbonyl (C=O) groups is 2. The van der Waals surface area contributed by atoms with E-state index in [0.717, 1.165) is 64.8 Å². The molecule has 2 aliphatic heterocycles. The van der Waals surface area contributed by atoms with Gasteiger partial charge in [-0.1, -0.05) is 68.4 Å². The first-order valence-electron chi connectivity index (χ1n) is 17.5. The SMILES string of the molecule is CC1(C)CCN(Cc2cccc3c(-c4cccc5c(C[C@H](NC(=O)C6(C(F)(F)F)CCN(CC(F)(F)F)CC6)C(=O)O)cccc45)nccc23)CC1. The molecular weight excluding hydrogens is 686 g/mol. The number of carbonyl (C=O) groups excluding carboxylic acids is 1. The molecule has 13 heteroatoms. The maximum atomic E-state index is 14.4. The zero-order valence-electron chi connectivity index (χ0n) is 29.1. The van der Waals surface area contributed by atoms with E-state index in [4.69, 9.17) is 4.98 Å². The van der Waals surface area contributed by atoms with E-state index in [1.165, 1.54) is 5.56 Å². The number of amides is 1. The number of hydrogen-bond donors (Lipinski definition) is 2. The summed E-state index contributed by atoms with van der Waals surface area (Å²) in [5, 5.41) is 15.6. The van der Waals surface area contributed by atoms with Crippen molar-refractivity contribution in [1.29, 1.82) is 0 Å². The van der Waals surface area contributed by atoms with Crippen molar-refractivity contribution in [2.45, 2.75) is 70.9 Å². The molecule has 2 aliphatic rings. The summed E-state index contributed by atoms with van der Waals surface area (Å²) in [7, 11) is 0. The number of carboxylic acids is 1. The molecule has 1 amide bonds. The number of likely N-dealkylation sites (tertiary alicyclic amines) is 2. The van der Waals surface area contributed by atoms with Crippen LogP contribution in [0.1, 0.15) is 50.7 Å². The van der Waals surface area contributed by atoms with Gasteiger partial charge in [-0.25, -0.2) is 4.79 Å². The van der Waals surface area contributed by atoms with E-state index in [2.05, 4.69) is 30.1 Å². The average molecular weight is 729 g/mol. The Morgan fingerprint density at radius 2 is 1.37 bits per heavy atom. The van der Waals surface area contributed by atoms with Gasteiger partial charge in [0.15, 0.2) is 0 Å². The van der Waals surface area contributed by atoms with E-state index < -0.39 is 68.2 Å². The van der Waals surface area contributed by atoms with Crippen molar-refractivity contribution in [3.05, 3.63) is 78.0 Å². The van der Waals surface area contributed by atoms with Gasteiger partial charge >= 0.3 is 18.3 Å². The molecule has 0 aliphatic carbocycles. The van der Waals surface area contributed by atoms with Gasteiger partial charge in [-0.2, -0.15) is 26.3 Å². The van der Waals surface area contributed by atoms with Crippen LogP contribution in [0.3, 0.4) is 0 Å². The van der Waals surface area contributed by atoms with Crippen LogP contribution in [0.2, 0.25) is 0 Å². The zero-order chi connectivity index (χ0) is 37.5. The summed E-state index contributed by atoms with van der Waals surface area (Å²) in [6.45, 7) is 4.82. The van der Waals surface area contributed by atoms with Crippen molar-refractivity contribution in [2.24, 2.45) is 10.8 Å². The lowest BCUT2D eigenvalue weighted by atomic mass is 9.76. The number of benzene rings is 3. The normalized spacial score (nSPS) is 19.1. The minimum atomic E-state index is -5.10. The maximum absolute atomic E-state index is 14.4. The first-order valence-corrected chi connectivity index (χ1v) is 17.5. The average Bonchev–Trinajstić information content (AvgIpc) is 3.07. The highest BCUT2D eigenvalue weighted by molar-refractivity contribution is 6.05. The van der Waals surface area contributed by atoms with Crippen LogP contribution in [0.15, 0.2) is 66.9 Å². The van der Waals surface area contributed by atoms with Gasteiger partial charge in [0, 0.05) is 30.1 Å². The molecule has 0 saturated carbocycles. The largest absolute Gasteiger partial charge is 0.480 e. The molecule has 278 valence electrons. The summed E-state index contributed by atoms with van der Waals surface area (Å²) < 4.78 is 82.0. The summed E-state index contributed by atoms with van der Waals surface area (Å²) in [6.07, 6.45) is -7.85. The highest BCUT2D eigenvalue weighted by Gasteiger charge is 2.61. The fourth-order valence-corrected chi connectivity index (χ4v) is 7.64. The molecule has 3 aromatic carbocycles. The number of hydrogen-bond acceptors (Lipinski definition) is 5. The van der Waals surface area contributed by atoms with E-state index in [1.54, 1.807) is 24.4 Å². The van der Waals surface area contributed by atoms with Crippen molar-refractivity contribution >= 4 is 33.4 Å². The quantitative estimate of drug-likeness (QED) is 0.170. The van der Waals surface area contributed by atoms with Gasteiger partial charge in [-0.3, -0.25) is 19.6 Å². The zero-order valence-corrected chi connectivity index (χ0v) is 29.1. The summed E-state index contributed by atoms with van der Waals surface area (Å²) in [5.74, 6) is -3.09. The third-order valence-corrected chi connectivity index (χ3v) is 10.9. The summed E-state index contributed by atoms with van der Waals surface area (Å²) in [4.78, 5) is 33.8. The van der Waals surface area contributed by atoms with Crippen LogP contribution in [0.4, 0.5) is 26.3 Å². The van der Waals surface area contributed by atoms with Gasteiger partial charge < -0.3 is 10.4 Å². The van der Waals surface area contributed by atoms with E-state index in [9.17, 15) is 41.0 Å². The lowest BCUT2D eigenvalue weighted by Crippen LogP contribution is -2.59. The van der Waals surface area contributed by atoms with Crippen LogP contribution in [-0.4, -0.2) is 82.9 Å². The van der Waals surface area contributed by atoms with Crippen LogP contribution in [0.25, 0.3) is 32.8 Å². The topological polar surface area (TPSA) is 85.8 Å². The van der Waals surface area contributed by atoms with E-state index in [1.807, 2.05) is 36.4 Å². The number of aliphatic carboxylic acids is 1. The van der Waals surface area contributed by atoms with E-state index >= 15 is 0 Å². The van der Waals surface area contributed by atoms with Crippen LogP contribution in [0.5, 0.6) is 0 Å². The number of rotatable bonds is 9. The number of fused-ring (bicyclic) bond motifs is 2. The molecule has 0 unspecified atom stereocenters. The Hall–Kier alpha value is -4.23. The number of aromatic nitrogens is 1. The van der Waals surface area contributed by atoms with Crippen LogP contribution in [0, 0.1) is 10.8 Å². The van der Waals surface area contributed by atoms with E-state index in [0.29, 0.717) is 16.4 Å². The van der Waals surface area contributed by atoms with Crippen LogP contribution >= 0.6 is 0 Å². The Labute approximate surface area is 298 Å². The first-order chi connectivity index (χ1) is 24.5. The second kappa shape index (κ2) is 14.3. The minimum absolute atomic E-state index is 0.324. The summed E-state index contributed by atoms with van der Waals surface area (Å²) in [6, 6.07) is 17.2. The van der Waals surface area contributed by atoms with Gasteiger partial charge in [0.05, 0.1) is 12.2 Å². The summed E-state index contributed by atoms with van der Waals surface area (Å²) >= 11 is 0. The standard InChI is InChI=1S/C39H42F6N4O3/c1-36(2)13-18-48(19-14-36)23-26-7-4-10-30-28(26)12-17-46-33(30)31-11-5-8-27-25(6-3-9-29(27)31)22-32(34(50)51)47-35(52)37(39(43,44)45)15-20-49(21-16-37)24-38(40,41)42/h3-12,17,32H,13-16,18-24H2,1-2H3,(H,47,52)(H,50,51)/t32-/m0/s1. The smallest absolute Gasteiger partial charge is 0.403 e. The fraction of sp³-hybridized carbons (Fsp3) is 0.462. The predicted octanol–water partition coefficient (Wildman–Crippen LogP) is 8.00. The molecule has 52 heavy (non-hydrogen) atoms. The number of piperidine rings is 2. The third kappa shape index (κ3) is 7.90. The molecular formula is C39H42F6N4O3. The second-order valence-corrected chi connectivity index (χ2v) is 15.0. The van der Waals surface area contributed by atoms with Crippen molar-refractivity contribution in [1.82, 2.24) is 20.1 Å². The Bertz CT molecular complexity index is 1940. The number of carboxylic acid groups (broad SMARTS) is 1. The van der Waals surface area contributed by atoms with Gasteiger partial charge in [0.1, 0.15) is 11.5 Å². The van der Waals surface area contributed by atoms with Crippen LogP contribution < -0.4 is 5.32 Å². The molecule has 2 saturated heterocycles. The highest BCUT2D eigenvalue weighted by atomic mass is 19.4. The molecule has 1 aromatic heterocycles. The fourth-order valence-electron chi connectivity index (χ4n) is 7.64. The van der Waals surface area contributed by atoms with Gasteiger partial charge in [-0.15, -0.1) is 0 Å². The molecule has 3 heterocycles. The lowest BCUT2D eigenvalue weighted by molar-refractivity contribution is -0.236. The monoisotopic (exact) mass is 728 g/mol. The molecule has 2 fully saturated rings. The van der Waals surface area contributed by atoms with Gasteiger partial charge in [-0.05, 0) is 90.6 Å². The Morgan fingerprint density at radius 3 is 2.00 bits per heavy atom. The molecule has 0 radical (unpaired) electrons. The molecule has 0 spiro atoms. The maximum Gasteiger partial charge on any atom is 0.403 e. The number of nitrogens with zero attached hydrogens (tertiary/aromatic N) is 3. The van der Waals surface area contributed by atoms with Gasteiger partial charge in [0.2, 0.25) is 5.91 Å². The number of nitrogens with one attached hydrogen (secondary N) is 1. The molecule has 6 rings (SSSR count). The predicted molar refractivity (Wildman–Crippen MR) is 186 cm³/mol. The Balaban J connectivity index is 1.27. The van der Waals surface area contributed by atoms with Crippen molar-refractivity contribution in [3.63, 3.8) is 0 Å². The first kappa shape index (κ1) is 37.5. The lowest BCUT2D eigenvalue weighted by Gasteiger charge is -2.42.